The van der Waals surface area contributed by atoms with Gasteiger partial charge in [0.05, 0.1) is 0 Å². The molecule has 0 unspecified atom stereocenters. The zero-order valence-corrected chi connectivity index (χ0v) is 12.0. The summed E-state index contributed by atoms with van der Waals surface area (Å²) in [5.74, 6) is 0.576. The Kier molecular flexibility index (Phi) is 7.47. The van der Waals surface area contributed by atoms with Crippen molar-refractivity contribution < 1.29 is 35.7 Å². The van der Waals surface area contributed by atoms with Crippen molar-refractivity contribution in [2.45, 2.75) is 4.43 Å². The Morgan fingerprint density at radius 3 is 2.27 bits per heavy atom. The molecule has 0 saturated carbocycles. The third kappa shape index (κ3) is 4.96. The third-order valence-corrected chi connectivity index (χ3v) is 0.927. The van der Waals surface area contributed by atoms with Crippen molar-refractivity contribution in [2.75, 3.05) is 0 Å². The molecular weight excluding hydrogens is 329 g/mol. The van der Waals surface area contributed by atoms with Crippen molar-refractivity contribution in [1.29, 1.82) is 0 Å². The molecule has 0 saturated heterocycles. The van der Waals surface area contributed by atoms with Crippen LogP contribution < -0.4 is 4.74 Å². The Morgan fingerprint density at radius 2 is 1.82 bits per heavy atom. The van der Waals surface area contributed by atoms with Crippen molar-refractivity contribution in [3.63, 3.8) is 0 Å². The molecule has 1 aromatic rings. The molecule has 0 heterocycles. The van der Waals surface area contributed by atoms with Gasteiger partial charge in [0, 0.05) is 0 Å². The Balaban J connectivity index is 0.000000461. The van der Waals surface area contributed by atoms with E-state index in [2.05, 4.69) is 9.17 Å². The fourth-order valence-corrected chi connectivity index (χ4v) is 0.555. The van der Waals surface area contributed by atoms with Crippen molar-refractivity contribution >= 4 is 6.47 Å². The predicted octanol–water partition coefficient (Wildman–Crippen LogP) is 1.80. The fraction of sp³-hybridized carbons (Fsp3) is 0.125. The van der Waals surface area contributed by atoms with Crippen LogP contribution in [0, 0.1) is 0 Å². The number of hydrogen-bond acceptors (Lipinski definition) is 2. The summed E-state index contributed by atoms with van der Waals surface area (Å²) in [5, 5.41) is 0. The van der Waals surface area contributed by atoms with Gasteiger partial charge >= 0.3 is 30.6 Å². The topological polar surface area (TPSA) is 26.3 Å². The zero-order valence-electron chi connectivity index (χ0n) is 6.49. The summed E-state index contributed by atoms with van der Waals surface area (Å²) in [6.45, 7) is 0.412. The average Bonchev–Trinajstić information content (AvgIpc) is 2.11. The molecule has 1 aromatic carbocycles. The maximum atomic E-state index is 9.75. The molecule has 0 radical (unpaired) electrons. The van der Waals surface area contributed by atoms with Gasteiger partial charge < -0.3 is 4.74 Å². The van der Waals surface area contributed by atoms with E-state index in [0.717, 1.165) is 26.1 Å². The van der Waals surface area contributed by atoms with Gasteiger partial charge in [-0.1, -0.05) is 18.2 Å². The van der Waals surface area contributed by atoms with Crippen LogP contribution in [0.2, 0.25) is 4.43 Å². The number of carbonyl (C=O) groups excluding carboxylic acids is 1. The average molecular weight is 338 g/mol. The van der Waals surface area contributed by atoms with E-state index in [1.165, 1.54) is 0 Å². The predicted molar refractivity (Wildman–Crippen MR) is 39.0 cm³/mol. The van der Waals surface area contributed by atoms with Crippen LogP contribution in [0.25, 0.3) is 0 Å². The number of rotatable bonds is 2. The first-order chi connectivity index (χ1) is 5.43. The number of carbonyl (C=O) groups is 1. The molecular formula is C8H9HgO2. The maximum absolute atomic E-state index is 9.75. The minimum absolute atomic E-state index is 0.412. The van der Waals surface area contributed by atoms with Crippen LogP contribution in [-0.4, -0.2) is 6.47 Å². The molecule has 0 aromatic heterocycles. The second-order valence-electron chi connectivity index (χ2n) is 1.53. The van der Waals surface area contributed by atoms with Crippen molar-refractivity contribution in [3.8, 4) is 5.75 Å². The van der Waals surface area contributed by atoms with Gasteiger partial charge in [0.2, 0.25) is 0 Å². The van der Waals surface area contributed by atoms with Crippen LogP contribution in [0.4, 0.5) is 0 Å². The molecule has 0 amide bonds. The van der Waals surface area contributed by atoms with Crippen LogP contribution in [0.3, 0.4) is 0 Å². The van der Waals surface area contributed by atoms with Gasteiger partial charge in [-0.15, -0.1) is 0 Å². The second kappa shape index (κ2) is 7.73. The molecule has 0 fully saturated rings. The van der Waals surface area contributed by atoms with Crippen LogP contribution in [-0.2, 0) is 30.9 Å². The SMILES string of the molecule is O=COc1ccccc1.[CH3][Hg]. The van der Waals surface area contributed by atoms with E-state index in [4.69, 9.17) is 0 Å². The molecule has 0 N–H and O–H groups in total. The Bertz CT molecular complexity index is 187. The van der Waals surface area contributed by atoms with Gasteiger partial charge in [0.25, 0.3) is 6.47 Å². The first-order valence-electron chi connectivity index (χ1n) is 3.29. The van der Waals surface area contributed by atoms with E-state index < -0.39 is 0 Å². The summed E-state index contributed by atoms with van der Waals surface area (Å²) in [6, 6.07) is 8.90. The molecule has 11 heavy (non-hydrogen) atoms. The van der Waals surface area contributed by atoms with E-state index in [-0.39, 0.29) is 0 Å². The van der Waals surface area contributed by atoms with Crippen molar-refractivity contribution in [2.24, 2.45) is 0 Å². The van der Waals surface area contributed by atoms with E-state index in [1.54, 1.807) is 24.3 Å². The Labute approximate surface area is 82.5 Å². The van der Waals surface area contributed by atoms with Crippen LogP contribution in [0.5, 0.6) is 5.75 Å². The minimum atomic E-state index is 0.412. The Hall–Kier alpha value is -0.375. The van der Waals surface area contributed by atoms with E-state index in [0.29, 0.717) is 12.2 Å². The number of para-hydroxylation sites is 1. The van der Waals surface area contributed by atoms with Crippen molar-refractivity contribution in [3.05, 3.63) is 30.3 Å². The van der Waals surface area contributed by atoms with Gasteiger partial charge in [-0.2, -0.15) is 0 Å². The molecule has 0 spiro atoms. The van der Waals surface area contributed by atoms with Gasteiger partial charge in [0.1, 0.15) is 5.75 Å². The van der Waals surface area contributed by atoms with E-state index in [9.17, 15) is 4.79 Å². The summed E-state index contributed by atoms with van der Waals surface area (Å²) in [5.41, 5.74) is 0. The number of ether oxygens (including phenoxy) is 1. The first kappa shape index (κ1) is 10.6. The molecule has 0 atom stereocenters. The molecule has 0 aliphatic carbocycles. The third-order valence-electron chi connectivity index (χ3n) is 0.927. The molecule has 0 aliphatic heterocycles. The van der Waals surface area contributed by atoms with Crippen LogP contribution >= 0.6 is 0 Å². The molecule has 3 heteroatoms. The van der Waals surface area contributed by atoms with Gasteiger partial charge in [-0.3, -0.25) is 4.79 Å². The normalized spacial score (nSPS) is 7.55. The van der Waals surface area contributed by atoms with E-state index >= 15 is 0 Å². The van der Waals surface area contributed by atoms with Crippen molar-refractivity contribution in [1.82, 2.24) is 0 Å². The second-order valence-corrected chi connectivity index (χ2v) is 1.53. The summed E-state index contributed by atoms with van der Waals surface area (Å²) in [7, 11) is 0. The van der Waals surface area contributed by atoms with Gasteiger partial charge in [-0.25, -0.2) is 0 Å². The monoisotopic (exact) mass is 339 g/mol. The molecule has 1 rings (SSSR count). The number of hydrogen-bond donors (Lipinski definition) is 0. The molecule has 0 aliphatic rings. The first-order valence-corrected chi connectivity index (χ1v) is 8.79. The molecule has 0 bridgehead atoms. The zero-order chi connectivity index (χ0) is 8.53. The van der Waals surface area contributed by atoms with Crippen LogP contribution in [0.1, 0.15) is 0 Å². The molecule has 55 valence electrons. The van der Waals surface area contributed by atoms with E-state index in [1.807, 2.05) is 6.07 Å². The fourth-order valence-electron chi connectivity index (χ4n) is 0.555. The summed E-state index contributed by atoms with van der Waals surface area (Å²) >= 11 is 1.03. The summed E-state index contributed by atoms with van der Waals surface area (Å²) in [4.78, 5) is 9.75. The standard InChI is InChI=1S/C7H6O2.CH3.Hg/c8-6-9-7-4-2-1-3-5-7;;/h1-6H;1H3;. The summed E-state index contributed by atoms with van der Waals surface area (Å²) in [6.07, 6.45) is 0. The van der Waals surface area contributed by atoms with Crippen LogP contribution in [0.15, 0.2) is 30.3 Å². The quantitative estimate of drug-likeness (QED) is 0.608. The van der Waals surface area contributed by atoms with Gasteiger partial charge in [0.15, 0.2) is 0 Å². The van der Waals surface area contributed by atoms with Gasteiger partial charge in [-0.05, 0) is 12.1 Å². The molecule has 2 nitrogen and oxygen atoms in total. The Morgan fingerprint density at radius 1 is 1.27 bits per heavy atom. The number of benzene rings is 1. The summed E-state index contributed by atoms with van der Waals surface area (Å²) < 4.78 is 6.72.